The summed E-state index contributed by atoms with van der Waals surface area (Å²) in [6.45, 7) is 9.04. The largest absolute Gasteiger partial charge is 0.352 e. The minimum Gasteiger partial charge on any atom is -0.352 e. The van der Waals surface area contributed by atoms with Gasteiger partial charge in [0, 0.05) is 51.4 Å². The summed E-state index contributed by atoms with van der Waals surface area (Å²) in [5.74, 6) is -0.204. The highest BCUT2D eigenvalue weighted by Gasteiger charge is 2.28. The molecule has 8 heteroatoms. The van der Waals surface area contributed by atoms with Crippen molar-refractivity contribution >= 4 is 15.9 Å². The van der Waals surface area contributed by atoms with Crippen molar-refractivity contribution in [1.29, 1.82) is 0 Å². The van der Waals surface area contributed by atoms with Gasteiger partial charge in [0.25, 0.3) is 5.91 Å². The van der Waals surface area contributed by atoms with Gasteiger partial charge in [-0.3, -0.25) is 4.79 Å². The van der Waals surface area contributed by atoms with Gasteiger partial charge in [0.2, 0.25) is 10.0 Å². The Balaban J connectivity index is 1.50. The normalized spacial score (nSPS) is 19.7. The van der Waals surface area contributed by atoms with E-state index in [0.29, 0.717) is 30.8 Å². The molecule has 2 aliphatic rings. The number of piperidine rings is 1. The number of likely N-dealkylation sites (N-methyl/N-ethyl adjacent to an activating group) is 1. The summed E-state index contributed by atoms with van der Waals surface area (Å²) in [6.07, 6.45) is 4.83. The Morgan fingerprint density at radius 1 is 1.00 bits per heavy atom. The maximum Gasteiger partial charge on any atom is 0.251 e. The molecule has 2 saturated heterocycles. The topological polar surface area (TPSA) is 73.0 Å². The molecule has 0 saturated carbocycles. The van der Waals surface area contributed by atoms with Crippen LogP contribution in [-0.2, 0) is 10.0 Å². The van der Waals surface area contributed by atoms with Gasteiger partial charge in [0.1, 0.15) is 0 Å². The Labute approximate surface area is 181 Å². The average molecular weight is 437 g/mol. The van der Waals surface area contributed by atoms with Gasteiger partial charge in [-0.25, -0.2) is 8.42 Å². The number of hydrogen-bond donors (Lipinski definition) is 1. The van der Waals surface area contributed by atoms with Crippen molar-refractivity contribution < 1.29 is 13.2 Å². The predicted octanol–water partition coefficient (Wildman–Crippen LogP) is 1.93. The molecule has 30 heavy (non-hydrogen) atoms. The highest BCUT2D eigenvalue weighted by Crippen LogP contribution is 2.24. The van der Waals surface area contributed by atoms with E-state index < -0.39 is 10.0 Å². The van der Waals surface area contributed by atoms with Crippen molar-refractivity contribution in [3.63, 3.8) is 0 Å². The summed E-state index contributed by atoms with van der Waals surface area (Å²) < 4.78 is 27.6. The number of carbonyl (C=O) groups is 1. The third-order valence-corrected chi connectivity index (χ3v) is 8.21. The first-order valence-corrected chi connectivity index (χ1v) is 12.6. The van der Waals surface area contributed by atoms with E-state index in [1.165, 1.54) is 0 Å². The monoisotopic (exact) mass is 436 g/mol. The molecule has 2 aliphatic heterocycles. The highest BCUT2D eigenvalue weighted by molar-refractivity contribution is 7.89. The van der Waals surface area contributed by atoms with Gasteiger partial charge in [-0.05, 0) is 63.9 Å². The van der Waals surface area contributed by atoms with E-state index >= 15 is 0 Å². The first-order chi connectivity index (χ1) is 14.4. The molecule has 1 aromatic carbocycles. The molecule has 1 aromatic rings. The number of benzene rings is 1. The molecule has 3 rings (SSSR count). The summed E-state index contributed by atoms with van der Waals surface area (Å²) in [7, 11) is -1.40. The van der Waals surface area contributed by atoms with Crippen molar-refractivity contribution in [2.45, 2.75) is 43.9 Å². The van der Waals surface area contributed by atoms with Gasteiger partial charge in [-0.15, -0.1) is 0 Å². The van der Waals surface area contributed by atoms with E-state index in [4.69, 9.17) is 0 Å². The minimum absolute atomic E-state index is 0.204. The molecule has 2 heterocycles. The fraction of sp³-hybridized carbons (Fsp3) is 0.682. The second-order valence-electron chi connectivity index (χ2n) is 8.55. The number of hydrogen-bond acceptors (Lipinski definition) is 5. The number of piperazine rings is 1. The second-order valence-corrected chi connectivity index (χ2v) is 10.5. The van der Waals surface area contributed by atoms with Crippen LogP contribution in [0.4, 0.5) is 0 Å². The van der Waals surface area contributed by atoms with Gasteiger partial charge in [-0.2, -0.15) is 4.31 Å². The Bertz CT molecular complexity index is 814. The van der Waals surface area contributed by atoms with Gasteiger partial charge in [-0.1, -0.05) is 12.5 Å². The van der Waals surface area contributed by atoms with Crippen molar-refractivity contribution in [3.05, 3.63) is 29.3 Å². The Morgan fingerprint density at radius 3 is 2.40 bits per heavy atom. The Hall–Kier alpha value is -1.48. The molecule has 0 radical (unpaired) electrons. The van der Waals surface area contributed by atoms with Gasteiger partial charge in [0.05, 0.1) is 4.90 Å². The van der Waals surface area contributed by atoms with Crippen LogP contribution in [0.5, 0.6) is 0 Å². The van der Waals surface area contributed by atoms with E-state index in [2.05, 4.69) is 22.2 Å². The molecule has 0 spiro atoms. The molecule has 1 amide bonds. The molecule has 0 bridgehead atoms. The van der Waals surface area contributed by atoms with E-state index in [9.17, 15) is 13.2 Å². The lowest BCUT2D eigenvalue weighted by Gasteiger charge is -2.32. The van der Waals surface area contributed by atoms with Crippen LogP contribution in [0.25, 0.3) is 0 Å². The van der Waals surface area contributed by atoms with Crippen LogP contribution in [0.2, 0.25) is 0 Å². The number of aryl methyl sites for hydroxylation is 1. The van der Waals surface area contributed by atoms with E-state index in [0.717, 1.165) is 64.8 Å². The summed E-state index contributed by atoms with van der Waals surface area (Å²) in [4.78, 5) is 17.7. The predicted molar refractivity (Wildman–Crippen MR) is 119 cm³/mol. The van der Waals surface area contributed by atoms with Crippen molar-refractivity contribution in [1.82, 2.24) is 19.4 Å². The third-order valence-electron chi connectivity index (χ3n) is 6.17. The number of nitrogens with zero attached hydrogens (tertiary/aromatic N) is 3. The smallest absolute Gasteiger partial charge is 0.251 e. The SMILES string of the molecule is Cc1ccc(C(=O)NCCCCN2CCN(C)CC2)cc1S(=O)(=O)N1CCCCC1. The molecule has 0 atom stereocenters. The molecule has 2 fully saturated rings. The molecular weight excluding hydrogens is 400 g/mol. The molecular formula is C22H36N4O3S. The number of rotatable bonds is 8. The first kappa shape index (κ1) is 23.2. The van der Waals surface area contributed by atoms with Crippen molar-refractivity contribution in [3.8, 4) is 0 Å². The Morgan fingerprint density at radius 2 is 1.70 bits per heavy atom. The molecule has 0 unspecified atom stereocenters. The summed E-state index contributed by atoms with van der Waals surface area (Å²) in [6, 6.07) is 4.99. The van der Waals surface area contributed by atoms with Crippen LogP contribution in [0.15, 0.2) is 23.1 Å². The summed E-state index contributed by atoms with van der Waals surface area (Å²) in [5.41, 5.74) is 1.10. The number of carbonyl (C=O) groups excluding carboxylic acids is 1. The lowest BCUT2D eigenvalue weighted by atomic mass is 10.1. The zero-order valence-electron chi connectivity index (χ0n) is 18.4. The van der Waals surface area contributed by atoms with Crippen molar-refractivity contribution in [2.75, 3.05) is 59.4 Å². The van der Waals surface area contributed by atoms with Crippen LogP contribution in [-0.4, -0.2) is 87.8 Å². The van der Waals surface area contributed by atoms with E-state index in [-0.39, 0.29) is 10.8 Å². The first-order valence-electron chi connectivity index (χ1n) is 11.2. The van der Waals surface area contributed by atoms with Crippen LogP contribution in [0.3, 0.4) is 0 Å². The van der Waals surface area contributed by atoms with Crippen LogP contribution >= 0.6 is 0 Å². The quantitative estimate of drug-likeness (QED) is 0.631. The Kier molecular flexibility index (Phi) is 8.27. The average Bonchev–Trinajstić information content (AvgIpc) is 2.75. The van der Waals surface area contributed by atoms with Gasteiger partial charge >= 0.3 is 0 Å². The third kappa shape index (κ3) is 6.03. The number of nitrogens with one attached hydrogen (secondary N) is 1. The van der Waals surface area contributed by atoms with Crippen LogP contribution < -0.4 is 5.32 Å². The standard InChI is InChI=1S/C22H36N4O3S/c1-19-8-9-20(18-21(19)30(28,29)26-12-5-3-6-13-26)22(27)23-10-4-7-11-25-16-14-24(2)15-17-25/h8-9,18H,3-7,10-17H2,1-2H3,(H,23,27). The fourth-order valence-corrected chi connectivity index (χ4v) is 5.87. The number of sulfonamides is 1. The van der Waals surface area contributed by atoms with E-state index in [1.54, 1.807) is 29.4 Å². The minimum atomic E-state index is -3.55. The molecule has 7 nitrogen and oxygen atoms in total. The van der Waals surface area contributed by atoms with E-state index in [1.807, 2.05) is 0 Å². The molecule has 0 aromatic heterocycles. The number of unbranched alkanes of at least 4 members (excludes halogenated alkanes) is 1. The van der Waals surface area contributed by atoms with Crippen LogP contribution in [0, 0.1) is 6.92 Å². The van der Waals surface area contributed by atoms with Gasteiger partial charge < -0.3 is 15.1 Å². The fourth-order valence-electron chi connectivity index (χ4n) is 4.10. The second kappa shape index (κ2) is 10.7. The highest BCUT2D eigenvalue weighted by atomic mass is 32.2. The van der Waals surface area contributed by atoms with Gasteiger partial charge in [0.15, 0.2) is 0 Å². The van der Waals surface area contributed by atoms with Crippen molar-refractivity contribution in [2.24, 2.45) is 0 Å². The maximum atomic E-state index is 13.0. The summed E-state index contributed by atoms with van der Waals surface area (Å²) in [5, 5.41) is 2.95. The number of amides is 1. The lowest BCUT2D eigenvalue weighted by Crippen LogP contribution is -2.44. The lowest BCUT2D eigenvalue weighted by molar-refractivity contribution is 0.0951. The zero-order chi connectivity index (χ0) is 21.6. The zero-order valence-corrected chi connectivity index (χ0v) is 19.2. The summed E-state index contributed by atoms with van der Waals surface area (Å²) >= 11 is 0. The molecule has 0 aliphatic carbocycles. The molecule has 1 N–H and O–H groups in total. The van der Waals surface area contributed by atoms with Crippen LogP contribution in [0.1, 0.15) is 48.0 Å². The maximum absolute atomic E-state index is 13.0. The molecule has 168 valence electrons.